The number of nitrogens with one attached hydrogen (secondary N) is 1. The maximum Gasteiger partial charge on any atom is 0.217 e. The maximum atomic E-state index is 10.9. The van der Waals surface area contributed by atoms with Gasteiger partial charge in [-0.05, 0) is 71.1 Å². The second-order valence-electron chi connectivity index (χ2n) is 6.43. The molecule has 1 atom stereocenters. The molecule has 0 aromatic heterocycles. The van der Waals surface area contributed by atoms with Gasteiger partial charge in [0.2, 0.25) is 5.91 Å². The lowest BCUT2D eigenvalue weighted by atomic mass is 9.92. The number of piperidine rings is 1. The third-order valence-corrected chi connectivity index (χ3v) is 4.36. The molecule has 0 spiro atoms. The second-order valence-corrected chi connectivity index (χ2v) is 6.43. The normalized spacial score (nSPS) is 19.9. The molecule has 0 aromatic rings. The van der Waals surface area contributed by atoms with Gasteiger partial charge in [0.15, 0.2) is 0 Å². The smallest absolute Gasteiger partial charge is 0.217 e. The van der Waals surface area contributed by atoms with Gasteiger partial charge >= 0.3 is 0 Å². The van der Waals surface area contributed by atoms with Crippen LogP contribution in [0.1, 0.15) is 52.4 Å². The lowest BCUT2D eigenvalue weighted by Crippen LogP contribution is -2.42. The lowest BCUT2D eigenvalue weighted by Gasteiger charge is -2.32. The van der Waals surface area contributed by atoms with E-state index in [9.17, 15) is 10.1 Å². The number of nitrogens with zero attached hydrogens (tertiary/aromatic N) is 2. The molecule has 1 amide bonds. The monoisotopic (exact) mass is 294 g/mol. The van der Waals surface area contributed by atoms with Crippen molar-refractivity contribution in [1.29, 1.82) is 5.26 Å². The molecule has 5 heteroatoms. The zero-order valence-electron chi connectivity index (χ0n) is 13.5. The summed E-state index contributed by atoms with van der Waals surface area (Å²) in [4.78, 5) is 13.4. The van der Waals surface area contributed by atoms with Crippen LogP contribution in [0, 0.1) is 17.2 Å². The third kappa shape index (κ3) is 6.92. The molecule has 0 radical (unpaired) electrons. The zero-order chi connectivity index (χ0) is 15.7. The van der Waals surface area contributed by atoms with Crippen molar-refractivity contribution in [3.8, 4) is 6.07 Å². The zero-order valence-corrected chi connectivity index (χ0v) is 13.5. The molecular formula is C16H30N4O. The number of carbonyl (C=O) groups excluding carboxylic acids is 1. The fraction of sp³-hybridized carbons (Fsp3) is 0.875. The van der Waals surface area contributed by atoms with Crippen molar-refractivity contribution >= 4 is 5.91 Å². The Hall–Kier alpha value is -1.12. The fourth-order valence-electron chi connectivity index (χ4n) is 2.94. The third-order valence-electron chi connectivity index (χ3n) is 4.36. The summed E-state index contributed by atoms with van der Waals surface area (Å²) in [7, 11) is 0. The maximum absolute atomic E-state index is 10.9. The first kappa shape index (κ1) is 17.9. The van der Waals surface area contributed by atoms with Crippen LogP contribution in [-0.2, 0) is 4.79 Å². The van der Waals surface area contributed by atoms with Gasteiger partial charge in [-0.25, -0.2) is 0 Å². The minimum absolute atomic E-state index is 0.180. The summed E-state index contributed by atoms with van der Waals surface area (Å²) in [6.07, 6.45) is 5.61. The van der Waals surface area contributed by atoms with E-state index in [1.807, 2.05) is 6.92 Å². The van der Waals surface area contributed by atoms with Gasteiger partial charge in [0.25, 0.3) is 0 Å². The topological polar surface area (TPSA) is 82.2 Å². The average molecular weight is 294 g/mol. The van der Waals surface area contributed by atoms with Crippen LogP contribution in [0.2, 0.25) is 0 Å². The van der Waals surface area contributed by atoms with Crippen LogP contribution in [-0.4, -0.2) is 42.5 Å². The van der Waals surface area contributed by atoms with Crippen molar-refractivity contribution in [3.63, 3.8) is 0 Å². The van der Waals surface area contributed by atoms with Crippen LogP contribution in [0.3, 0.4) is 0 Å². The molecule has 1 aliphatic heterocycles. The summed E-state index contributed by atoms with van der Waals surface area (Å²) in [5.41, 5.74) is 4.85. The molecule has 0 aliphatic carbocycles. The highest BCUT2D eigenvalue weighted by Crippen LogP contribution is 2.21. The first-order valence-corrected chi connectivity index (χ1v) is 8.16. The summed E-state index contributed by atoms with van der Waals surface area (Å²) in [6, 6.07) is 2.40. The van der Waals surface area contributed by atoms with Crippen molar-refractivity contribution in [2.75, 3.05) is 26.2 Å². The Morgan fingerprint density at radius 2 is 2.14 bits per heavy atom. The number of amides is 1. The van der Waals surface area contributed by atoms with Gasteiger partial charge in [-0.1, -0.05) is 6.92 Å². The Bertz CT molecular complexity index is 358. The van der Waals surface area contributed by atoms with Crippen molar-refractivity contribution in [2.45, 2.75) is 57.9 Å². The molecule has 0 bridgehead atoms. The number of nitriles is 1. The number of carbonyl (C=O) groups is 1. The van der Waals surface area contributed by atoms with E-state index in [2.05, 4.69) is 23.2 Å². The van der Waals surface area contributed by atoms with Crippen molar-refractivity contribution in [2.24, 2.45) is 11.7 Å². The molecule has 1 rings (SSSR count). The summed E-state index contributed by atoms with van der Waals surface area (Å²) < 4.78 is 0. The first-order valence-electron chi connectivity index (χ1n) is 8.16. The largest absolute Gasteiger partial charge is 0.370 e. The summed E-state index contributed by atoms with van der Waals surface area (Å²) in [6.45, 7) is 8.12. The molecule has 3 N–H and O–H groups in total. The highest BCUT2D eigenvalue weighted by atomic mass is 16.1. The van der Waals surface area contributed by atoms with E-state index in [4.69, 9.17) is 5.73 Å². The highest BCUT2D eigenvalue weighted by molar-refractivity contribution is 5.73. The average Bonchev–Trinajstić information content (AvgIpc) is 2.46. The molecule has 1 heterocycles. The first-order chi connectivity index (χ1) is 9.99. The van der Waals surface area contributed by atoms with E-state index >= 15 is 0 Å². The minimum atomic E-state index is -0.402. The summed E-state index contributed by atoms with van der Waals surface area (Å²) in [5.74, 6) is 0.287. The van der Waals surface area contributed by atoms with Gasteiger partial charge in [0.1, 0.15) is 5.54 Å². The predicted molar refractivity (Wildman–Crippen MR) is 84.5 cm³/mol. The molecule has 0 aromatic carbocycles. The van der Waals surface area contributed by atoms with Crippen LogP contribution in [0.4, 0.5) is 0 Å². The number of hydrogen-bond donors (Lipinski definition) is 2. The summed E-state index contributed by atoms with van der Waals surface area (Å²) in [5, 5.41) is 12.6. The molecular weight excluding hydrogens is 264 g/mol. The van der Waals surface area contributed by atoms with Gasteiger partial charge < -0.3 is 10.6 Å². The standard InChI is InChI=1S/C16H30N4O/c1-3-8-19-16(2,13-17)7-4-9-20-10-5-14(6-11-20)12-15(18)21/h14,19H,3-12H2,1-2H3,(H2,18,21). The number of likely N-dealkylation sites (tertiary alicyclic amines) is 1. The molecule has 1 saturated heterocycles. The Balaban J connectivity index is 2.22. The summed E-state index contributed by atoms with van der Waals surface area (Å²) >= 11 is 0. The van der Waals surface area contributed by atoms with Gasteiger partial charge in [0, 0.05) is 6.42 Å². The Kier molecular flexibility index (Phi) is 7.69. The Morgan fingerprint density at radius 3 is 2.67 bits per heavy atom. The van der Waals surface area contributed by atoms with Gasteiger partial charge in [-0.15, -0.1) is 0 Å². The van der Waals surface area contributed by atoms with Crippen LogP contribution in [0.25, 0.3) is 0 Å². The predicted octanol–water partition coefficient (Wildman–Crippen LogP) is 1.64. The Labute approximate surface area is 128 Å². The van der Waals surface area contributed by atoms with E-state index < -0.39 is 5.54 Å². The van der Waals surface area contributed by atoms with Gasteiger partial charge in [-0.3, -0.25) is 10.1 Å². The quantitative estimate of drug-likeness (QED) is 0.677. The fourth-order valence-corrected chi connectivity index (χ4v) is 2.94. The van der Waals surface area contributed by atoms with E-state index in [1.54, 1.807) is 0 Å². The number of primary amides is 1. The molecule has 21 heavy (non-hydrogen) atoms. The molecule has 5 nitrogen and oxygen atoms in total. The van der Waals surface area contributed by atoms with Crippen molar-refractivity contribution in [1.82, 2.24) is 10.2 Å². The SMILES string of the molecule is CCCNC(C)(C#N)CCCN1CCC(CC(N)=O)CC1. The van der Waals surface area contributed by atoms with Gasteiger partial charge in [0.05, 0.1) is 6.07 Å². The highest BCUT2D eigenvalue weighted by Gasteiger charge is 2.24. The van der Waals surface area contributed by atoms with Crippen LogP contribution >= 0.6 is 0 Å². The van der Waals surface area contributed by atoms with E-state index in [0.29, 0.717) is 12.3 Å². The number of hydrogen-bond acceptors (Lipinski definition) is 4. The molecule has 1 unspecified atom stereocenters. The molecule has 0 saturated carbocycles. The Morgan fingerprint density at radius 1 is 1.48 bits per heavy atom. The van der Waals surface area contributed by atoms with Crippen LogP contribution < -0.4 is 11.1 Å². The molecule has 120 valence electrons. The van der Waals surface area contributed by atoms with E-state index in [-0.39, 0.29) is 5.91 Å². The number of rotatable bonds is 9. The van der Waals surface area contributed by atoms with Crippen molar-refractivity contribution < 1.29 is 4.79 Å². The van der Waals surface area contributed by atoms with Crippen LogP contribution in [0.15, 0.2) is 0 Å². The van der Waals surface area contributed by atoms with E-state index in [1.165, 1.54) is 0 Å². The second kappa shape index (κ2) is 9.01. The lowest BCUT2D eigenvalue weighted by molar-refractivity contribution is -0.119. The van der Waals surface area contributed by atoms with Crippen molar-refractivity contribution in [3.05, 3.63) is 0 Å². The van der Waals surface area contributed by atoms with Gasteiger partial charge in [-0.2, -0.15) is 5.26 Å². The van der Waals surface area contributed by atoms with E-state index in [0.717, 1.165) is 58.3 Å². The molecule has 1 aliphatic rings. The van der Waals surface area contributed by atoms with Crippen LogP contribution in [0.5, 0.6) is 0 Å². The number of nitrogens with two attached hydrogens (primary N) is 1. The minimum Gasteiger partial charge on any atom is -0.370 e. The molecule has 1 fully saturated rings.